The third kappa shape index (κ3) is 4.38. The predicted octanol–water partition coefficient (Wildman–Crippen LogP) is 4.21. The van der Waals surface area contributed by atoms with Gasteiger partial charge in [0.15, 0.2) is 5.78 Å². The molecular weight excluding hydrogens is 485 g/mol. The van der Waals surface area contributed by atoms with Crippen LogP contribution in [0.4, 0.5) is 0 Å². The normalized spacial score (nSPS) is 18.9. The van der Waals surface area contributed by atoms with Crippen molar-refractivity contribution in [3.05, 3.63) is 98.8 Å². The highest BCUT2D eigenvalue weighted by Crippen LogP contribution is 2.41. The zero-order chi connectivity index (χ0) is 25.2. The van der Waals surface area contributed by atoms with Gasteiger partial charge < -0.3 is 10.2 Å². The molecule has 2 aromatic carbocycles. The minimum atomic E-state index is -1.31. The molecule has 1 amide bonds. The van der Waals surface area contributed by atoms with E-state index in [0.717, 1.165) is 5.56 Å². The Bertz CT molecular complexity index is 1380. The third-order valence-electron chi connectivity index (χ3n) is 6.36. The van der Waals surface area contributed by atoms with Crippen molar-refractivity contribution < 1.29 is 9.59 Å². The number of carbonyl (C=O) groups is 2. The highest BCUT2D eigenvalue weighted by Gasteiger charge is 2.54. The SMILES string of the molecule is CN(C(=O)c1ccc(C#N)nc1)[C@]1(C(=O)c2ccc(C#N)cc2)CNC[C@H]1c1ccc(Cl)c(Cl)c1. The van der Waals surface area contributed by atoms with Crippen LogP contribution in [0.5, 0.6) is 0 Å². The monoisotopic (exact) mass is 503 g/mol. The molecule has 2 atom stereocenters. The molecular formula is C26H19Cl2N5O2. The second kappa shape index (κ2) is 9.85. The predicted molar refractivity (Wildman–Crippen MR) is 131 cm³/mol. The Morgan fingerprint density at radius 3 is 2.34 bits per heavy atom. The fourth-order valence-corrected chi connectivity index (χ4v) is 4.78. The first-order valence-corrected chi connectivity index (χ1v) is 11.4. The standard InChI is InChI=1S/C26H19Cl2N5O2/c1-33(25(35)19-6-8-20(12-30)32-13-19)26(24(34)17-4-2-16(11-29)3-5-17)15-31-14-21(26)18-7-9-22(27)23(28)10-18/h2-10,13,21,31H,14-15H2,1H3/t21-,26+/m0/s1. The summed E-state index contributed by atoms with van der Waals surface area (Å²) in [6, 6.07) is 18.5. The number of pyridine rings is 1. The van der Waals surface area contributed by atoms with E-state index in [4.69, 9.17) is 33.7 Å². The van der Waals surface area contributed by atoms with Crippen molar-refractivity contribution >= 4 is 34.9 Å². The molecule has 1 fully saturated rings. The fraction of sp³-hybridized carbons (Fsp3) is 0.192. The average Bonchev–Trinajstić information content (AvgIpc) is 3.35. The van der Waals surface area contributed by atoms with Crippen molar-refractivity contribution in [3.63, 3.8) is 0 Å². The lowest BCUT2D eigenvalue weighted by molar-refractivity contribution is 0.0477. The van der Waals surface area contributed by atoms with Gasteiger partial charge in [-0.2, -0.15) is 10.5 Å². The molecule has 1 aliphatic rings. The quantitative estimate of drug-likeness (QED) is 0.522. The first-order valence-electron chi connectivity index (χ1n) is 10.7. The number of nitrogens with zero attached hydrogens (tertiary/aromatic N) is 4. The number of rotatable bonds is 5. The van der Waals surface area contributed by atoms with Gasteiger partial charge in [-0.25, -0.2) is 4.98 Å². The van der Waals surface area contributed by atoms with Crippen LogP contribution in [-0.2, 0) is 0 Å². The number of nitrogens with one attached hydrogen (secondary N) is 1. The average molecular weight is 504 g/mol. The lowest BCUT2D eigenvalue weighted by Gasteiger charge is -2.41. The van der Waals surface area contributed by atoms with Crippen molar-refractivity contribution in [3.8, 4) is 12.1 Å². The molecule has 0 unspecified atom stereocenters. The molecule has 1 saturated heterocycles. The van der Waals surface area contributed by atoms with Gasteiger partial charge in [-0.05, 0) is 42.0 Å². The van der Waals surface area contributed by atoms with E-state index in [1.807, 2.05) is 12.1 Å². The molecule has 9 heteroatoms. The number of Topliss-reactive ketones (excluding diaryl/α,β-unsaturated/α-hetero) is 1. The molecule has 1 aliphatic heterocycles. The zero-order valence-corrected chi connectivity index (χ0v) is 20.1. The summed E-state index contributed by atoms with van der Waals surface area (Å²) < 4.78 is 0. The van der Waals surface area contributed by atoms with E-state index in [9.17, 15) is 9.59 Å². The van der Waals surface area contributed by atoms with Crippen LogP contribution in [0.25, 0.3) is 0 Å². The molecule has 3 aromatic rings. The van der Waals surface area contributed by atoms with Crippen LogP contribution in [0.3, 0.4) is 0 Å². The number of hydrogen-bond donors (Lipinski definition) is 1. The number of amides is 1. The lowest BCUT2D eigenvalue weighted by atomic mass is 9.75. The van der Waals surface area contributed by atoms with Crippen LogP contribution < -0.4 is 5.32 Å². The Hall–Kier alpha value is -3.75. The summed E-state index contributed by atoms with van der Waals surface area (Å²) in [5, 5.41) is 22.2. The highest BCUT2D eigenvalue weighted by molar-refractivity contribution is 6.42. The van der Waals surface area contributed by atoms with Crippen molar-refractivity contribution in [2.24, 2.45) is 0 Å². The number of carbonyl (C=O) groups excluding carboxylic acids is 2. The number of benzene rings is 2. The molecule has 1 aromatic heterocycles. The smallest absolute Gasteiger partial charge is 0.256 e. The van der Waals surface area contributed by atoms with Gasteiger partial charge in [0.2, 0.25) is 0 Å². The number of aromatic nitrogens is 1. The molecule has 0 bridgehead atoms. The maximum atomic E-state index is 14.1. The number of hydrogen-bond acceptors (Lipinski definition) is 6. The van der Waals surface area contributed by atoms with Crippen LogP contribution in [0.15, 0.2) is 60.8 Å². The van der Waals surface area contributed by atoms with E-state index < -0.39 is 17.4 Å². The van der Waals surface area contributed by atoms with E-state index in [1.165, 1.54) is 23.2 Å². The van der Waals surface area contributed by atoms with E-state index in [0.29, 0.717) is 27.7 Å². The maximum Gasteiger partial charge on any atom is 0.256 e. The largest absolute Gasteiger partial charge is 0.327 e. The Balaban J connectivity index is 1.84. The van der Waals surface area contributed by atoms with Crippen LogP contribution in [0.2, 0.25) is 10.0 Å². The van der Waals surface area contributed by atoms with Gasteiger partial charge >= 0.3 is 0 Å². The summed E-state index contributed by atoms with van der Waals surface area (Å²) in [6.45, 7) is 0.617. The second-order valence-electron chi connectivity index (χ2n) is 8.21. The number of nitriles is 2. The summed E-state index contributed by atoms with van der Waals surface area (Å²) >= 11 is 12.4. The molecule has 0 spiro atoms. The Labute approximate surface area is 212 Å². The van der Waals surface area contributed by atoms with E-state index in [1.54, 1.807) is 49.5 Å². The fourth-order valence-electron chi connectivity index (χ4n) is 4.47. The molecule has 4 rings (SSSR count). The van der Waals surface area contributed by atoms with Gasteiger partial charge in [-0.3, -0.25) is 9.59 Å². The van der Waals surface area contributed by atoms with Gasteiger partial charge in [0.1, 0.15) is 17.3 Å². The molecule has 0 saturated carbocycles. The number of likely N-dealkylation sites (N-methyl/N-ethyl adjacent to an activating group) is 1. The molecule has 0 aliphatic carbocycles. The summed E-state index contributed by atoms with van der Waals surface area (Å²) in [4.78, 5) is 33.2. The van der Waals surface area contributed by atoms with Gasteiger partial charge in [0.25, 0.3) is 5.91 Å². The summed E-state index contributed by atoms with van der Waals surface area (Å²) in [5.41, 5.74) is 0.673. The molecule has 7 nitrogen and oxygen atoms in total. The summed E-state index contributed by atoms with van der Waals surface area (Å²) in [7, 11) is 1.58. The number of halogens is 2. The van der Waals surface area contributed by atoms with Crippen LogP contribution >= 0.6 is 23.2 Å². The lowest BCUT2D eigenvalue weighted by Crippen LogP contribution is -2.59. The van der Waals surface area contributed by atoms with Crippen LogP contribution in [-0.4, -0.2) is 47.3 Å². The Morgan fingerprint density at radius 1 is 1.03 bits per heavy atom. The van der Waals surface area contributed by atoms with Crippen LogP contribution in [0.1, 0.15) is 43.5 Å². The minimum absolute atomic E-state index is 0.184. The van der Waals surface area contributed by atoms with Gasteiger partial charge in [0, 0.05) is 37.8 Å². The van der Waals surface area contributed by atoms with E-state index in [-0.39, 0.29) is 23.6 Å². The zero-order valence-electron chi connectivity index (χ0n) is 18.6. The van der Waals surface area contributed by atoms with Gasteiger partial charge in [-0.15, -0.1) is 0 Å². The van der Waals surface area contributed by atoms with Crippen molar-refractivity contribution in [1.82, 2.24) is 15.2 Å². The summed E-state index contributed by atoms with van der Waals surface area (Å²) in [6.07, 6.45) is 1.33. The Kier molecular flexibility index (Phi) is 6.86. The molecule has 35 heavy (non-hydrogen) atoms. The van der Waals surface area contributed by atoms with E-state index in [2.05, 4.69) is 10.3 Å². The van der Waals surface area contributed by atoms with Crippen LogP contribution in [0, 0.1) is 22.7 Å². The second-order valence-corrected chi connectivity index (χ2v) is 9.02. The summed E-state index contributed by atoms with van der Waals surface area (Å²) in [5.74, 6) is -1.14. The van der Waals surface area contributed by atoms with Crippen molar-refractivity contribution in [1.29, 1.82) is 10.5 Å². The number of ketones is 1. The first-order chi connectivity index (χ1) is 16.8. The third-order valence-corrected chi connectivity index (χ3v) is 7.10. The molecule has 174 valence electrons. The topological polar surface area (TPSA) is 110 Å². The Morgan fingerprint density at radius 2 is 1.74 bits per heavy atom. The maximum absolute atomic E-state index is 14.1. The van der Waals surface area contributed by atoms with Crippen molar-refractivity contribution in [2.75, 3.05) is 20.1 Å². The van der Waals surface area contributed by atoms with Crippen molar-refractivity contribution in [2.45, 2.75) is 11.5 Å². The molecule has 1 N–H and O–H groups in total. The molecule has 2 heterocycles. The van der Waals surface area contributed by atoms with E-state index >= 15 is 0 Å². The first kappa shape index (κ1) is 24.4. The van der Waals surface area contributed by atoms with Gasteiger partial charge in [-0.1, -0.05) is 41.4 Å². The highest BCUT2D eigenvalue weighted by atomic mass is 35.5. The molecule has 0 radical (unpaired) electrons. The van der Waals surface area contributed by atoms with Gasteiger partial charge in [0.05, 0.1) is 27.2 Å². The minimum Gasteiger partial charge on any atom is -0.327 e.